The summed E-state index contributed by atoms with van der Waals surface area (Å²) in [4.78, 5) is 25.3. The van der Waals surface area contributed by atoms with Crippen LogP contribution in [0.1, 0.15) is 13.3 Å². The van der Waals surface area contributed by atoms with Gasteiger partial charge in [-0.1, -0.05) is 31.2 Å². The topological polar surface area (TPSA) is 98.0 Å². The molecular weight excluding hydrogens is 402 g/mol. The molecule has 0 unspecified atom stereocenters. The van der Waals surface area contributed by atoms with E-state index in [1.165, 1.54) is 0 Å². The lowest BCUT2D eigenvalue weighted by Gasteiger charge is -2.09. The second kappa shape index (κ2) is 8.35. The summed E-state index contributed by atoms with van der Waals surface area (Å²) in [5, 5.41) is 11.6. The molecule has 1 N–H and O–H groups in total. The number of rotatable bonds is 5. The van der Waals surface area contributed by atoms with E-state index < -0.39 is 0 Å². The van der Waals surface area contributed by atoms with Crippen LogP contribution >= 0.6 is 0 Å². The van der Waals surface area contributed by atoms with E-state index in [9.17, 15) is 4.79 Å². The fourth-order valence-electron chi connectivity index (χ4n) is 3.40. The zero-order valence-corrected chi connectivity index (χ0v) is 17.3. The molecule has 32 heavy (non-hydrogen) atoms. The van der Waals surface area contributed by atoms with Gasteiger partial charge in [0, 0.05) is 36.3 Å². The third-order valence-corrected chi connectivity index (χ3v) is 4.99. The van der Waals surface area contributed by atoms with Gasteiger partial charge in [0.05, 0.1) is 17.1 Å². The largest absolute Gasteiger partial charge is 0.326 e. The maximum absolute atomic E-state index is 11.6. The van der Waals surface area contributed by atoms with Crippen molar-refractivity contribution < 1.29 is 4.79 Å². The molecule has 5 aromatic rings. The molecule has 0 radical (unpaired) electrons. The lowest BCUT2D eigenvalue weighted by atomic mass is 10.1. The van der Waals surface area contributed by atoms with Crippen LogP contribution in [0.2, 0.25) is 0 Å². The SMILES string of the molecule is CCC(=O)Nc1ccc(-c2cn3c(-c4ccccn4)c(-c4ccccn4)nnc3n2)cc1. The molecule has 0 spiro atoms. The number of pyridine rings is 2. The van der Waals surface area contributed by atoms with E-state index in [1.54, 1.807) is 12.4 Å². The van der Waals surface area contributed by atoms with E-state index in [0.717, 1.165) is 28.3 Å². The Bertz CT molecular complexity index is 1380. The summed E-state index contributed by atoms with van der Waals surface area (Å²) in [5.41, 5.74) is 5.22. The van der Waals surface area contributed by atoms with Crippen molar-refractivity contribution in [1.29, 1.82) is 0 Å². The van der Waals surface area contributed by atoms with Gasteiger partial charge in [-0.05, 0) is 36.4 Å². The first kappa shape index (κ1) is 19.5. The van der Waals surface area contributed by atoms with E-state index in [-0.39, 0.29) is 5.91 Å². The van der Waals surface area contributed by atoms with Crippen molar-refractivity contribution in [1.82, 2.24) is 29.5 Å². The van der Waals surface area contributed by atoms with Gasteiger partial charge in [-0.25, -0.2) is 4.98 Å². The normalized spacial score (nSPS) is 10.9. The zero-order valence-electron chi connectivity index (χ0n) is 17.3. The molecule has 1 aromatic carbocycles. The van der Waals surface area contributed by atoms with Gasteiger partial charge in [-0.2, -0.15) is 0 Å². The monoisotopic (exact) mass is 421 g/mol. The first-order valence-electron chi connectivity index (χ1n) is 10.2. The minimum atomic E-state index is -0.0252. The molecule has 8 heteroatoms. The molecule has 0 fully saturated rings. The number of aromatic nitrogens is 6. The van der Waals surface area contributed by atoms with Gasteiger partial charge in [-0.15, -0.1) is 10.2 Å². The first-order valence-corrected chi connectivity index (χ1v) is 10.2. The number of anilines is 1. The maximum atomic E-state index is 11.6. The molecule has 1 amide bonds. The van der Waals surface area contributed by atoms with Crippen molar-refractivity contribution in [2.45, 2.75) is 13.3 Å². The van der Waals surface area contributed by atoms with Crippen molar-refractivity contribution in [2.24, 2.45) is 0 Å². The standard InChI is InChI=1S/C24H19N7O/c1-2-21(32)27-17-11-9-16(10-12-17)20-15-31-23(19-8-4-6-14-26-19)22(29-30-24(31)28-20)18-7-3-5-13-25-18/h3-15H,2H2,1H3,(H,27,32). The number of fused-ring (bicyclic) bond motifs is 1. The second-order valence-corrected chi connectivity index (χ2v) is 7.10. The summed E-state index contributed by atoms with van der Waals surface area (Å²) in [6.07, 6.45) is 5.81. The van der Waals surface area contributed by atoms with Crippen LogP contribution in [0, 0.1) is 0 Å². The Hall–Kier alpha value is -4.46. The number of carbonyl (C=O) groups is 1. The highest BCUT2D eigenvalue weighted by atomic mass is 16.1. The molecule has 8 nitrogen and oxygen atoms in total. The fourth-order valence-corrected chi connectivity index (χ4v) is 3.40. The Kier molecular flexibility index (Phi) is 5.09. The number of nitrogens with zero attached hydrogens (tertiary/aromatic N) is 6. The molecule has 0 aliphatic rings. The summed E-state index contributed by atoms with van der Waals surface area (Å²) in [7, 11) is 0. The van der Waals surface area contributed by atoms with E-state index in [0.29, 0.717) is 23.6 Å². The van der Waals surface area contributed by atoms with Crippen molar-refractivity contribution >= 4 is 17.4 Å². The number of imidazole rings is 1. The van der Waals surface area contributed by atoms with Crippen LogP contribution in [0.5, 0.6) is 0 Å². The third kappa shape index (κ3) is 3.69. The van der Waals surface area contributed by atoms with Crippen molar-refractivity contribution in [3.05, 3.63) is 79.3 Å². The minimum absolute atomic E-state index is 0.0252. The zero-order chi connectivity index (χ0) is 21.9. The molecule has 0 atom stereocenters. The number of benzene rings is 1. The Morgan fingerprint density at radius 2 is 1.59 bits per heavy atom. The number of nitrogens with one attached hydrogen (secondary N) is 1. The van der Waals surface area contributed by atoms with Crippen molar-refractivity contribution in [3.63, 3.8) is 0 Å². The van der Waals surface area contributed by atoms with Crippen LogP contribution in [0.4, 0.5) is 5.69 Å². The number of amides is 1. The summed E-state index contributed by atoms with van der Waals surface area (Å²) in [5.74, 6) is 0.437. The smallest absolute Gasteiger partial charge is 0.254 e. The van der Waals surface area contributed by atoms with E-state index in [2.05, 4.69) is 30.5 Å². The summed E-state index contributed by atoms with van der Waals surface area (Å²) in [6, 6.07) is 18.9. The highest BCUT2D eigenvalue weighted by Crippen LogP contribution is 2.30. The quantitative estimate of drug-likeness (QED) is 0.455. The van der Waals surface area contributed by atoms with Crippen molar-refractivity contribution in [2.75, 3.05) is 5.32 Å². The Morgan fingerprint density at radius 3 is 2.25 bits per heavy atom. The van der Waals surface area contributed by atoms with E-state index >= 15 is 0 Å². The lowest BCUT2D eigenvalue weighted by molar-refractivity contribution is -0.115. The molecule has 0 saturated carbocycles. The van der Waals surface area contributed by atoms with Gasteiger partial charge in [0.15, 0.2) is 0 Å². The van der Waals surface area contributed by atoms with Gasteiger partial charge in [0.25, 0.3) is 5.78 Å². The van der Waals surface area contributed by atoms with Crippen LogP contribution in [0.3, 0.4) is 0 Å². The number of hydrogen-bond donors (Lipinski definition) is 1. The van der Waals surface area contributed by atoms with Crippen LogP contribution in [0.25, 0.3) is 39.8 Å². The van der Waals surface area contributed by atoms with E-state index in [1.807, 2.05) is 78.2 Å². The Balaban J connectivity index is 1.63. The molecule has 0 saturated heterocycles. The highest BCUT2D eigenvalue weighted by molar-refractivity contribution is 5.90. The average molecular weight is 421 g/mol. The molecule has 4 heterocycles. The van der Waals surface area contributed by atoms with Crippen LogP contribution < -0.4 is 5.32 Å². The van der Waals surface area contributed by atoms with Crippen molar-refractivity contribution in [3.8, 4) is 34.0 Å². The first-order chi connectivity index (χ1) is 15.7. The van der Waals surface area contributed by atoms with Gasteiger partial charge in [0.1, 0.15) is 11.4 Å². The molecule has 0 aliphatic heterocycles. The minimum Gasteiger partial charge on any atom is -0.326 e. The summed E-state index contributed by atoms with van der Waals surface area (Å²) in [6.45, 7) is 1.82. The average Bonchev–Trinajstić information content (AvgIpc) is 3.29. The second-order valence-electron chi connectivity index (χ2n) is 7.10. The Morgan fingerprint density at radius 1 is 0.875 bits per heavy atom. The molecular formula is C24H19N7O. The molecule has 0 aliphatic carbocycles. The van der Waals surface area contributed by atoms with Crippen LogP contribution in [0.15, 0.2) is 79.3 Å². The van der Waals surface area contributed by atoms with Crippen LogP contribution in [-0.4, -0.2) is 35.5 Å². The number of carbonyl (C=O) groups excluding carboxylic acids is 1. The van der Waals surface area contributed by atoms with Gasteiger partial charge >= 0.3 is 0 Å². The molecule has 4 aromatic heterocycles. The predicted molar refractivity (Wildman–Crippen MR) is 122 cm³/mol. The fraction of sp³-hybridized carbons (Fsp3) is 0.0833. The van der Waals surface area contributed by atoms with Gasteiger partial charge in [-0.3, -0.25) is 19.2 Å². The lowest BCUT2D eigenvalue weighted by Crippen LogP contribution is -2.08. The number of hydrogen-bond acceptors (Lipinski definition) is 6. The highest BCUT2D eigenvalue weighted by Gasteiger charge is 2.18. The van der Waals surface area contributed by atoms with E-state index in [4.69, 9.17) is 0 Å². The van der Waals surface area contributed by atoms with Gasteiger partial charge in [0.2, 0.25) is 5.91 Å². The summed E-state index contributed by atoms with van der Waals surface area (Å²) < 4.78 is 1.89. The maximum Gasteiger partial charge on any atom is 0.254 e. The summed E-state index contributed by atoms with van der Waals surface area (Å²) >= 11 is 0. The van der Waals surface area contributed by atoms with Gasteiger partial charge < -0.3 is 5.32 Å². The van der Waals surface area contributed by atoms with Crippen LogP contribution in [-0.2, 0) is 4.79 Å². The molecule has 5 rings (SSSR count). The third-order valence-electron chi connectivity index (χ3n) is 4.99. The Labute approximate surface area is 184 Å². The molecule has 156 valence electrons. The predicted octanol–water partition coefficient (Wildman–Crippen LogP) is 4.26. The molecule has 0 bridgehead atoms.